The summed E-state index contributed by atoms with van der Waals surface area (Å²) in [7, 11) is -10.9. The van der Waals surface area contributed by atoms with E-state index in [9.17, 15) is 30.9 Å². The Balaban J connectivity index is 6.28. The van der Waals surface area contributed by atoms with Crippen LogP contribution in [0.2, 0.25) is 36.3 Å². The summed E-state index contributed by atoms with van der Waals surface area (Å²) in [6, 6.07) is 2.16. The summed E-state index contributed by atoms with van der Waals surface area (Å²) in [5.41, 5.74) is 0. The van der Waals surface area contributed by atoms with Crippen molar-refractivity contribution < 1.29 is 43.9 Å². The van der Waals surface area contributed by atoms with Crippen molar-refractivity contribution in [2.24, 2.45) is 0 Å². The van der Waals surface area contributed by atoms with Gasteiger partial charge in [0, 0.05) is 0 Å². The van der Waals surface area contributed by atoms with E-state index in [0.717, 1.165) is 0 Å². The van der Waals surface area contributed by atoms with Crippen LogP contribution in [0.15, 0.2) is 0 Å². The van der Waals surface area contributed by atoms with Crippen molar-refractivity contribution in [1.82, 2.24) is 0 Å². The van der Waals surface area contributed by atoms with Gasteiger partial charge < -0.3 is 8.43 Å². The molecule has 0 radical (unpaired) electrons. The Labute approximate surface area is 165 Å². The summed E-state index contributed by atoms with van der Waals surface area (Å²) in [6.45, 7) is 10.2. The van der Waals surface area contributed by atoms with Crippen molar-refractivity contribution in [2.75, 3.05) is 0 Å². The summed E-state index contributed by atoms with van der Waals surface area (Å²) in [4.78, 5) is 0. The zero-order valence-corrected chi connectivity index (χ0v) is 20.1. The number of hydrogen-bond donors (Lipinski definition) is 0. The average molecular weight is 477 g/mol. The van der Waals surface area contributed by atoms with Crippen molar-refractivity contribution in [3.63, 3.8) is 0 Å². The van der Waals surface area contributed by atoms with Gasteiger partial charge in [0.15, 0.2) is 0 Å². The van der Waals surface area contributed by atoms with Gasteiger partial charge in [0.25, 0.3) is 6.10 Å². The molecule has 0 heterocycles. The number of hydrogen-bond acceptors (Lipinski definition) is 4. The van der Waals surface area contributed by atoms with E-state index in [1.807, 2.05) is 0 Å². The molecule has 28 heavy (non-hydrogen) atoms. The Morgan fingerprint density at radius 2 is 0.929 bits per heavy atom. The predicted molar refractivity (Wildman–Crippen MR) is 101 cm³/mol. The molecule has 0 aliphatic carbocycles. The highest BCUT2D eigenvalue weighted by Gasteiger charge is 2.62. The van der Waals surface area contributed by atoms with Crippen LogP contribution < -0.4 is 0 Å². The Kier molecular flexibility index (Phi) is 10.5. The lowest BCUT2D eigenvalue weighted by atomic mass is 10.3. The van der Waals surface area contributed by atoms with Crippen molar-refractivity contribution in [3.05, 3.63) is 0 Å². The lowest BCUT2D eigenvalue weighted by Crippen LogP contribution is -2.46. The highest BCUT2D eigenvalue weighted by molar-refractivity contribution is 7.52. The highest BCUT2D eigenvalue weighted by Crippen LogP contribution is 2.60. The maximum absolute atomic E-state index is 13.3. The van der Waals surface area contributed by atoms with E-state index in [1.165, 1.54) is 0 Å². The third-order valence-corrected chi connectivity index (χ3v) is 18.4. The molecule has 0 aromatic heterocycles. The smallest absolute Gasteiger partial charge is 0.330 e. The first kappa shape index (κ1) is 28.1. The van der Waals surface area contributed by atoms with Crippen LogP contribution >= 0.6 is 7.82 Å². The molecular weight excluding hydrogens is 445 g/mol. The molecule has 0 fully saturated rings. The summed E-state index contributed by atoms with van der Waals surface area (Å²) >= 11 is 0. The first-order valence-electron chi connectivity index (χ1n) is 9.45. The van der Waals surface area contributed by atoms with Gasteiger partial charge in [-0.05, 0) is 36.3 Å². The SMILES string of the molecule is CC[Si](CC)(CC)OP(=O)(OC(C(F)(F)F)C(F)(F)F)O[Si](CC)(CC)CC. The maximum Gasteiger partial charge on any atom is 0.456 e. The van der Waals surface area contributed by atoms with Crippen LogP contribution in [0.5, 0.6) is 0 Å². The quantitative estimate of drug-likeness (QED) is 0.165. The third kappa shape index (κ3) is 7.43. The predicted octanol–water partition coefficient (Wildman–Crippen LogP) is 7.65. The molecular formula is C15H31F6O4PSi2. The summed E-state index contributed by atoms with van der Waals surface area (Å²) in [5.74, 6) is 0. The largest absolute Gasteiger partial charge is 0.456 e. The first-order valence-corrected chi connectivity index (χ1v) is 16.0. The molecule has 4 nitrogen and oxygen atoms in total. The van der Waals surface area contributed by atoms with Gasteiger partial charge in [-0.25, -0.2) is 4.57 Å². The molecule has 0 aliphatic heterocycles. The van der Waals surface area contributed by atoms with Crippen LogP contribution in [0, 0.1) is 0 Å². The second kappa shape index (κ2) is 10.4. The van der Waals surface area contributed by atoms with Crippen LogP contribution in [-0.4, -0.2) is 35.1 Å². The molecule has 0 atom stereocenters. The minimum Gasteiger partial charge on any atom is -0.330 e. The van der Waals surface area contributed by atoms with Gasteiger partial charge in [0.2, 0.25) is 16.6 Å². The summed E-state index contributed by atoms with van der Waals surface area (Å²) in [5, 5.41) is 0. The second-order valence-electron chi connectivity index (χ2n) is 6.69. The zero-order valence-electron chi connectivity index (χ0n) is 17.2. The number of halogens is 6. The van der Waals surface area contributed by atoms with E-state index >= 15 is 0 Å². The van der Waals surface area contributed by atoms with E-state index in [2.05, 4.69) is 4.52 Å². The first-order chi connectivity index (χ1) is 12.6. The van der Waals surface area contributed by atoms with E-state index in [0.29, 0.717) is 36.3 Å². The van der Waals surface area contributed by atoms with E-state index < -0.39 is 42.9 Å². The van der Waals surface area contributed by atoms with Crippen molar-refractivity contribution >= 4 is 24.5 Å². The fourth-order valence-electron chi connectivity index (χ4n) is 2.86. The van der Waals surface area contributed by atoms with Gasteiger partial charge in [-0.3, -0.25) is 4.52 Å². The number of rotatable bonds is 12. The molecule has 0 N–H and O–H groups in total. The Hall–Kier alpha value is 0.124. The summed E-state index contributed by atoms with van der Waals surface area (Å²) in [6.07, 6.45) is -15.8. The normalized spacial score (nSPS) is 14.8. The molecule has 0 saturated heterocycles. The molecule has 0 spiro atoms. The third-order valence-electron chi connectivity index (χ3n) is 5.31. The highest BCUT2D eigenvalue weighted by atomic mass is 31.2. The molecule has 0 saturated carbocycles. The van der Waals surface area contributed by atoms with Crippen LogP contribution in [0.3, 0.4) is 0 Å². The van der Waals surface area contributed by atoms with Gasteiger partial charge in [0.05, 0.1) is 0 Å². The Bertz CT molecular complexity index is 465. The van der Waals surface area contributed by atoms with Crippen LogP contribution in [0.1, 0.15) is 41.5 Å². The van der Waals surface area contributed by atoms with Crippen LogP contribution in [0.25, 0.3) is 0 Å². The molecule has 0 aromatic rings. The fourth-order valence-corrected chi connectivity index (χ4v) is 14.1. The summed E-state index contributed by atoms with van der Waals surface area (Å²) < 4.78 is 107. The fraction of sp³-hybridized carbons (Fsp3) is 1.00. The molecule has 0 rings (SSSR count). The molecule has 0 amide bonds. The van der Waals surface area contributed by atoms with Gasteiger partial charge >= 0.3 is 20.2 Å². The minimum absolute atomic E-state index is 0.359. The molecule has 0 bridgehead atoms. The molecule has 0 aromatic carbocycles. The second-order valence-corrected chi connectivity index (χ2v) is 18.2. The topological polar surface area (TPSA) is 44.8 Å². The lowest BCUT2D eigenvalue weighted by Gasteiger charge is -2.38. The van der Waals surface area contributed by atoms with Crippen molar-refractivity contribution in [1.29, 1.82) is 0 Å². The van der Waals surface area contributed by atoms with E-state index in [4.69, 9.17) is 8.43 Å². The van der Waals surface area contributed by atoms with Gasteiger partial charge in [0.1, 0.15) is 0 Å². The number of alkyl halides is 6. The lowest BCUT2D eigenvalue weighted by molar-refractivity contribution is -0.302. The van der Waals surface area contributed by atoms with Crippen LogP contribution in [0.4, 0.5) is 26.3 Å². The number of phosphoric acid groups is 1. The Morgan fingerprint density at radius 1 is 0.679 bits per heavy atom. The van der Waals surface area contributed by atoms with Gasteiger partial charge in [-0.2, -0.15) is 26.3 Å². The molecule has 0 unspecified atom stereocenters. The maximum atomic E-state index is 13.3. The minimum atomic E-state index is -5.80. The van der Waals surface area contributed by atoms with Crippen molar-refractivity contribution in [2.45, 2.75) is 96.3 Å². The van der Waals surface area contributed by atoms with Crippen molar-refractivity contribution in [3.8, 4) is 0 Å². The average Bonchev–Trinajstić information content (AvgIpc) is 2.61. The van der Waals surface area contributed by atoms with Gasteiger partial charge in [-0.1, -0.05) is 41.5 Å². The zero-order chi connectivity index (χ0) is 22.4. The standard InChI is InChI=1S/C15H31F6O4PSi2/c1-7-27(8-2,9-3)24-26(22,25-28(10-4,11-5)12-6)23-13(14(16,17)18)15(19,20)21/h13H,7-12H2,1-6H3. The van der Waals surface area contributed by atoms with E-state index in [1.54, 1.807) is 41.5 Å². The van der Waals surface area contributed by atoms with Gasteiger partial charge in [-0.15, -0.1) is 0 Å². The van der Waals surface area contributed by atoms with Crippen LogP contribution in [-0.2, 0) is 17.5 Å². The Morgan fingerprint density at radius 3 is 1.11 bits per heavy atom. The molecule has 0 aliphatic rings. The molecule has 170 valence electrons. The monoisotopic (exact) mass is 476 g/mol. The molecule has 13 heteroatoms. The van der Waals surface area contributed by atoms with E-state index in [-0.39, 0.29) is 0 Å².